The van der Waals surface area contributed by atoms with Gasteiger partial charge in [-0.25, -0.2) is 0 Å². The number of hydrogen-bond donors (Lipinski definition) is 5. The Bertz CT molecular complexity index is 1590. The van der Waals surface area contributed by atoms with Gasteiger partial charge in [-0.2, -0.15) is 0 Å². The van der Waals surface area contributed by atoms with Gasteiger partial charge in [0.1, 0.15) is 29.1 Å². The van der Waals surface area contributed by atoms with Crippen LogP contribution in [0, 0.1) is 0 Å². The highest BCUT2D eigenvalue weighted by atomic mass is 16.5. The van der Waals surface area contributed by atoms with Crippen LogP contribution < -0.4 is 36.1 Å². The lowest BCUT2D eigenvalue weighted by atomic mass is 10.00. The number of rotatable bonds is 7. The van der Waals surface area contributed by atoms with Crippen molar-refractivity contribution in [1.82, 2.24) is 26.6 Å². The highest BCUT2D eigenvalue weighted by Crippen LogP contribution is 2.19. The third kappa shape index (κ3) is 10.3. The van der Waals surface area contributed by atoms with Gasteiger partial charge in [0.25, 0.3) is 5.91 Å². The van der Waals surface area contributed by atoms with Crippen LogP contribution in [0.15, 0.2) is 78.9 Å². The summed E-state index contributed by atoms with van der Waals surface area (Å²) in [6.07, 6.45) is 0.686. The molecule has 0 radical (unpaired) electrons. The maximum absolute atomic E-state index is 13.5. The van der Waals surface area contributed by atoms with E-state index in [1.165, 1.54) is 13.8 Å². The number of ether oxygens (including phenoxy) is 2. The van der Waals surface area contributed by atoms with E-state index in [0.29, 0.717) is 24.3 Å². The van der Waals surface area contributed by atoms with Gasteiger partial charge >= 0.3 is 0 Å². The maximum atomic E-state index is 13.5. The zero-order valence-electron chi connectivity index (χ0n) is 27.5. The van der Waals surface area contributed by atoms with Crippen molar-refractivity contribution in [3.05, 3.63) is 95.6 Å². The Hall–Kier alpha value is -5.39. The van der Waals surface area contributed by atoms with Gasteiger partial charge in [-0.3, -0.25) is 24.0 Å². The minimum Gasteiger partial charge on any atom is -0.497 e. The van der Waals surface area contributed by atoms with Crippen LogP contribution in [0.4, 0.5) is 0 Å². The van der Waals surface area contributed by atoms with Crippen molar-refractivity contribution < 1.29 is 33.4 Å². The molecule has 0 aromatic heterocycles. The van der Waals surface area contributed by atoms with Crippen LogP contribution in [-0.2, 0) is 32.0 Å². The van der Waals surface area contributed by atoms with Crippen molar-refractivity contribution in [2.45, 2.75) is 57.2 Å². The van der Waals surface area contributed by atoms with Crippen molar-refractivity contribution in [2.24, 2.45) is 0 Å². The van der Waals surface area contributed by atoms with Crippen molar-refractivity contribution >= 4 is 29.5 Å². The molecule has 2 atom stereocenters. The lowest BCUT2D eigenvalue weighted by molar-refractivity contribution is -0.135. The van der Waals surface area contributed by atoms with E-state index in [2.05, 4.69) is 26.6 Å². The summed E-state index contributed by atoms with van der Waals surface area (Å²) in [4.78, 5) is 67.0. The molecule has 0 fully saturated rings. The van der Waals surface area contributed by atoms with Gasteiger partial charge in [0, 0.05) is 19.5 Å². The zero-order chi connectivity index (χ0) is 34.5. The van der Waals surface area contributed by atoms with E-state index < -0.39 is 47.7 Å². The molecule has 1 aliphatic heterocycles. The molecule has 1 heterocycles. The number of fused-ring (bicyclic) bond motifs is 1. The number of carbonyl (C=O) groups is 5. The zero-order valence-corrected chi connectivity index (χ0v) is 27.5. The van der Waals surface area contributed by atoms with E-state index >= 15 is 0 Å². The first kappa shape index (κ1) is 35.5. The van der Waals surface area contributed by atoms with Crippen LogP contribution in [0.1, 0.15) is 48.2 Å². The number of para-hydroxylation sites is 1. The molecule has 12 nitrogen and oxygen atoms in total. The SMILES string of the molecule is COc1cccc(CCNC(=O)[C@@H]2CC(=O)NC(C)(C)C(=O)N[C@@H](Cc3ccccc3)C(=O)NCCCOc3ccccc3C(=O)N2)c1. The second-order valence-corrected chi connectivity index (χ2v) is 12.0. The molecule has 0 aliphatic carbocycles. The van der Waals surface area contributed by atoms with Crippen molar-refractivity contribution in [3.8, 4) is 11.5 Å². The summed E-state index contributed by atoms with van der Waals surface area (Å²) in [5.74, 6) is -1.84. The Morgan fingerprint density at radius 1 is 0.938 bits per heavy atom. The monoisotopic (exact) mass is 657 g/mol. The number of benzene rings is 3. The fourth-order valence-electron chi connectivity index (χ4n) is 5.14. The van der Waals surface area contributed by atoms with Gasteiger partial charge in [0.05, 0.1) is 25.7 Å². The Morgan fingerprint density at radius 3 is 2.44 bits per heavy atom. The summed E-state index contributed by atoms with van der Waals surface area (Å²) < 4.78 is 11.1. The number of nitrogens with one attached hydrogen (secondary N) is 5. The predicted molar refractivity (Wildman–Crippen MR) is 179 cm³/mol. The molecule has 3 aromatic carbocycles. The van der Waals surface area contributed by atoms with Gasteiger partial charge < -0.3 is 36.1 Å². The van der Waals surface area contributed by atoms with E-state index in [-0.39, 0.29) is 37.6 Å². The minimum absolute atomic E-state index is 0.180. The van der Waals surface area contributed by atoms with Crippen molar-refractivity contribution in [3.63, 3.8) is 0 Å². The smallest absolute Gasteiger partial charge is 0.255 e. The topological polar surface area (TPSA) is 164 Å². The van der Waals surface area contributed by atoms with E-state index in [9.17, 15) is 24.0 Å². The first-order valence-electron chi connectivity index (χ1n) is 15.9. The van der Waals surface area contributed by atoms with Crippen molar-refractivity contribution in [2.75, 3.05) is 26.8 Å². The minimum atomic E-state index is -1.46. The van der Waals surface area contributed by atoms with E-state index in [1.807, 2.05) is 54.6 Å². The molecule has 1 aliphatic rings. The second kappa shape index (κ2) is 17.0. The van der Waals surface area contributed by atoms with E-state index in [1.54, 1.807) is 31.4 Å². The van der Waals surface area contributed by atoms with E-state index in [0.717, 1.165) is 11.1 Å². The largest absolute Gasteiger partial charge is 0.497 e. The van der Waals surface area contributed by atoms with E-state index in [4.69, 9.17) is 9.47 Å². The fourth-order valence-corrected chi connectivity index (χ4v) is 5.14. The summed E-state index contributed by atoms with van der Waals surface area (Å²) in [5.41, 5.74) is 0.493. The summed E-state index contributed by atoms with van der Waals surface area (Å²) in [7, 11) is 1.57. The number of hydrogen-bond acceptors (Lipinski definition) is 7. The highest BCUT2D eigenvalue weighted by molar-refractivity contribution is 6.01. The van der Waals surface area contributed by atoms with Crippen LogP contribution in [0.2, 0.25) is 0 Å². The quantitative estimate of drug-likeness (QED) is 0.260. The van der Waals surface area contributed by atoms with Gasteiger partial charge in [-0.1, -0.05) is 54.6 Å². The Kier molecular flexibility index (Phi) is 12.5. The predicted octanol–water partition coefficient (Wildman–Crippen LogP) is 2.06. The van der Waals surface area contributed by atoms with Gasteiger partial charge in [0.2, 0.25) is 23.6 Å². The maximum Gasteiger partial charge on any atom is 0.255 e. The second-order valence-electron chi connectivity index (χ2n) is 12.0. The number of carbonyl (C=O) groups excluding carboxylic acids is 5. The molecule has 0 saturated carbocycles. The molecule has 0 spiro atoms. The molecule has 0 saturated heterocycles. The normalized spacial score (nSPS) is 19.1. The Labute approximate surface area is 280 Å². The van der Waals surface area contributed by atoms with Gasteiger partial charge in [-0.15, -0.1) is 0 Å². The molecule has 3 aromatic rings. The van der Waals surface area contributed by atoms with Crippen LogP contribution in [0.3, 0.4) is 0 Å². The molecule has 254 valence electrons. The fraction of sp³-hybridized carbons (Fsp3) is 0.361. The molecular weight excluding hydrogens is 614 g/mol. The Morgan fingerprint density at radius 2 is 1.67 bits per heavy atom. The van der Waals surface area contributed by atoms with Gasteiger partial charge in [-0.05, 0) is 62.1 Å². The molecule has 0 unspecified atom stereocenters. The van der Waals surface area contributed by atoms with Crippen LogP contribution >= 0.6 is 0 Å². The third-order valence-electron chi connectivity index (χ3n) is 7.79. The summed E-state index contributed by atoms with van der Waals surface area (Å²) in [6, 6.07) is 21.1. The molecular formula is C36H43N5O7. The third-order valence-corrected chi connectivity index (χ3v) is 7.79. The molecule has 4 rings (SSSR count). The van der Waals surface area contributed by atoms with Gasteiger partial charge in [0.15, 0.2) is 0 Å². The van der Waals surface area contributed by atoms with Crippen LogP contribution in [0.25, 0.3) is 0 Å². The van der Waals surface area contributed by atoms with Crippen LogP contribution in [-0.4, -0.2) is 74.0 Å². The molecule has 5 N–H and O–H groups in total. The summed E-state index contributed by atoms with van der Waals surface area (Å²) >= 11 is 0. The molecule has 5 amide bonds. The standard InChI is InChI=1S/C36H43N5O7/c1-36(2)35(46)40-28(22-24-11-5-4-6-12-24)33(44)37-18-10-20-48-30-16-8-7-15-27(30)32(43)39-29(23-31(42)41-36)34(45)38-19-17-25-13-9-14-26(21-25)47-3/h4-9,11-16,21,28-29H,10,17-20,22-23H2,1-3H3,(H,37,44)(H,38,45)(H,39,43)(H,40,46)(H,41,42)/t28-,29-/m0/s1. The number of methoxy groups -OCH3 is 1. The average Bonchev–Trinajstić information content (AvgIpc) is 3.07. The molecule has 0 bridgehead atoms. The molecule has 48 heavy (non-hydrogen) atoms. The van der Waals surface area contributed by atoms with Crippen LogP contribution in [0.5, 0.6) is 11.5 Å². The first-order valence-corrected chi connectivity index (χ1v) is 15.9. The van der Waals surface area contributed by atoms with Crippen molar-refractivity contribution in [1.29, 1.82) is 0 Å². The summed E-state index contributed by atoms with van der Waals surface area (Å²) in [5, 5.41) is 13.8. The Balaban J connectivity index is 1.55. The highest BCUT2D eigenvalue weighted by Gasteiger charge is 2.35. The first-order chi connectivity index (χ1) is 23.1. The molecule has 12 heteroatoms. The summed E-state index contributed by atoms with van der Waals surface area (Å²) in [6.45, 7) is 3.69. The number of amides is 5. The average molecular weight is 658 g/mol. The lowest BCUT2D eigenvalue weighted by Gasteiger charge is -2.29. The lowest BCUT2D eigenvalue weighted by Crippen LogP contribution is -2.60.